The summed E-state index contributed by atoms with van der Waals surface area (Å²) < 4.78 is 37.7. The molecule has 2 aromatic rings. The second-order valence-corrected chi connectivity index (χ2v) is 5.23. The van der Waals surface area contributed by atoms with Crippen LogP contribution in [0.4, 0.5) is 13.2 Å². The maximum Gasteiger partial charge on any atom is 0.451 e. The fraction of sp³-hybridized carbons (Fsp3) is 0.417. The van der Waals surface area contributed by atoms with Crippen molar-refractivity contribution in [2.24, 2.45) is 0 Å². The Morgan fingerprint density at radius 2 is 2.14 bits per heavy atom. The van der Waals surface area contributed by atoms with Gasteiger partial charge in [0.2, 0.25) is 5.82 Å². The van der Waals surface area contributed by atoms with Crippen LogP contribution in [0.25, 0.3) is 0 Å². The lowest BCUT2D eigenvalue weighted by Gasteiger charge is -2.27. The molecule has 112 valence electrons. The second kappa shape index (κ2) is 5.27. The van der Waals surface area contributed by atoms with Crippen molar-refractivity contribution >= 4 is 11.6 Å². The van der Waals surface area contributed by atoms with Gasteiger partial charge in [-0.05, 0) is 0 Å². The highest BCUT2D eigenvalue weighted by Gasteiger charge is 2.35. The molecule has 1 aliphatic rings. The van der Waals surface area contributed by atoms with Crippen molar-refractivity contribution in [1.29, 1.82) is 0 Å². The van der Waals surface area contributed by atoms with E-state index in [0.717, 1.165) is 5.69 Å². The van der Waals surface area contributed by atoms with Gasteiger partial charge in [0.15, 0.2) is 0 Å². The summed E-state index contributed by atoms with van der Waals surface area (Å²) >= 11 is 5.96. The molecule has 0 aromatic carbocycles. The predicted octanol–water partition coefficient (Wildman–Crippen LogP) is 2.43. The van der Waals surface area contributed by atoms with Crippen molar-refractivity contribution in [2.45, 2.75) is 25.7 Å². The Balaban J connectivity index is 1.76. The predicted molar refractivity (Wildman–Crippen MR) is 68.4 cm³/mol. The van der Waals surface area contributed by atoms with Gasteiger partial charge in [-0.2, -0.15) is 18.3 Å². The minimum absolute atomic E-state index is 0.451. The van der Waals surface area contributed by atoms with Crippen molar-refractivity contribution in [2.75, 3.05) is 6.54 Å². The molecule has 3 rings (SSSR count). The first kappa shape index (κ1) is 14.3. The van der Waals surface area contributed by atoms with Crippen molar-refractivity contribution in [3.8, 4) is 0 Å². The minimum Gasteiger partial charge on any atom is -0.293 e. The monoisotopic (exact) mass is 317 g/mol. The van der Waals surface area contributed by atoms with E-state index in [1.165, 1.54) is 12.4 Å². The van der Waals surface area contributed by atoms with Gasteiger partial charge in [-0.15, -0.1) is 0 Å². The molecule has 0 spiro atoms. The Labute approximate surface area is 123 Å². The Morgan fingerprint density at radius 1 is 1.33 bits per heavy atom. The number of hydrogen-bond acceptors (Lipinski definition) is 4. The van der Waals surface area contributed by atoms with E-state index in [1.807, 2.05) is 0 Å². The summed E-state index contributed by atoms with van der Waals surface area (Å²) in [6.07, 6.45) is -1.28. The molecular weight excluding hydrogens is 307 g/mol. The van der Waals surface area contributed by atoms with Gasteiger partial charge in [0.25, 0.3) is 0 Å². The fourth-order valence-corrected chi connectivity index (χ4v) is 2.43. The van der Waals surface area contributed by atoms with Gasteiger partial charge in [0, 0.05) is 37.8 Å². The molecule has 0 atom stereocenters. The van der Waals surface area contributed by atoms with Gasteiger partial charge < -0.3 is 0 Å². The Bertz CT molecular complexity index is 655. The molecule has 1 aliphatic heterocycles. The molecule has 0 bridgehead atoms. The van der Waals surface area contributed by atoms with Crippen LogP contribution in [0.1, 0.15) is 22.8 Å². The zero-order chi connectivity index (χ0) is 15.0. The SMILES string of the molecule is FC(F)(F)c1ncc2c(n1)CCN(Cc1[nH]ncc1Cl)C2. The zero-order valence-electron chi connectivity index (χ0n) is 10.8. The Hall–Kier alpha value is -1.67. The van der Waals surface area contributed by atoms with Crippen molar-refractivity contribution in [1.82, 2.24) is 25.1 Å². The van der Waals surface area contributed by atoms with Crippen molar-refractivity contribution < 1.29 is 13.2 Å². The first-order valence-electron chi connectivity index (χ1n) is 6.25. The van der Waals surface area contributed by atoms with Gasteiger partial charge in [-0.3, -0.25) is 10.00 Å². The van der Waals surface area contributed by atoms with E-state index in [-0.39, 0.29) is 0 Å². The maximum atomic E-state index is 12.6. The van der Waals surface area contributed by atoms with Crippen molar-refractivity contribution in [3.05, 3.63) is 40.2 Å². The molecule has 0 saturated heterocycles. The van der Waals surface area contributed by atoms with E-state index in [9.17, 15) is 13.2 Å². The van der Waals surface area contributed by atoms with Gasteiger partial charge in [0.1, 0.15) is 0 Å². The first-order chi connectivity index (χ1) is 9.93. The topological polar surface area (TPSA) is 57.7 Å². The summed E-state index contributed by atoms with van der Waals surface area (Å²) in [6, 6.07) is 0. The quantitative estimate of drug-likeness (QED) is 0.924. The van der Waals surface area contributed by atoms with Crippen LogP contribution in [0.5, 0.6) is 0 Å². The summed E-state index contributed by atoms with van der Waals surface area (Å²) in [5.41, 5.74) is 1.96. The molecule has 0 saturated carbocycles. The zero-order valence-corrected chi connectivity index (χ0v) is 11.5. The van der Waals surface area contributed by atoms with Gasteiger partial charge in [-0.1, -0.05) is 11.6 Å². The van der Waals surface area contributed by atoms with Gasteiger partial charge in [0.05, 0.1) is 22.6 Å². The maximum absolute atomic E-state index is 12.6. The van der Waals surface area contributed by atoms with Crippen LogP contribution in [-0.4, -0.2) is 31.6 Å². The summed E-state index contributed by atoms with van der Waals surface area (Å²) in [4.78, 5) is 9.08. The van der Waals surface area contributed by atoms with Crippen molar-refractivity contribution in [3.63, 3.8) is 0 Å². The molecule has 0 aliphatic carbocycles. The van der Waals surface area contributed by atoms with E-state index in [4.69, 9.17) is 11.6 Å². The van der Waals surface area contributed by atoms with E-state index >= 15 is 0 Å². The Kier molecular flexibility index (Phi) is 3.58. The highest BCUT2D eigenvalue weighted by Crippen LogP contribution is 2.28. The lowest BCUT2D eigenvalue weighted by atomic mass is 10.1. The number of rotatable bonds is 2. The minimum atomic E-state index is -4.50. The standard InChI is InChI=1S/C12H11ClF3N5/c13-8-4-18-20-10(8)6-21-2-1-9-7(5-21)3-17-11(19-9)12(14,15)16/h3-4H,1-2,5-6H2,(H,18,20). The van der Waals surface area contributed by atoms with Crippen LogP contribution in [0.2, 0.25) is 5.02 Å². The molecule has 21 heavy (non-hydrogen) atoms. The fourth-order valence-electron chi connectivity index (χ4n) is 2.28. The molecule has 1 N–H and O–H groups in total. The highest BCUT2D eigenvalue weighted by atomic mass is 35.5. The number of H-pyrrole nitrogens is 1. The van der Waals surface area contributed by atoms with E-state index < -0.39 is 12.0 Å². The number of nitrogens with zero attached hydrogens (tertiary/aromatic N) is 4. The van der Waals surface area contributed by atoms with Crippen LogP contribution in [-0.2, 0) is 25.7 Å². The summed E-state index contributed by atoms with van der Waals surface area (Å²) in [6.45, 7) is 1.65. The lowest BCUT2D eigenvalue weighted by Crippen LogP contribution is -2.31. The summed E-state index contributed by atoms with van der Waals surface area (Å²) in [7, 11) is 0. The molecule has 9 heteroatoms. The number of alkyl halides is 3. The van der Waals surface area contributed by atoms with Crippen LogP contribution in [0, 0.1) is 0 Å². The molecular formula is C12H11ClF3N5. The molecule has 2 aromatic heterocycles. The van der Waals surface area contributed by atoms with E-state index in [0.29, 0.717) is 42.3 Å². The first-order valence-corrected chi connectivity index (χ1v) is 6.63. The van der Waals surface area contributed by atoms with Gasteiger partial charge in [-0.25, -0.2) is 9.97 Å². The lowest BCUT2D eigenvalue weighted by molar-refractivity contribution is -0.145. The number of halogens is 4. The van der Waals surface area contributed by atoms with Crippen LogP contribution < -0.4 is 0 Å². The summed E-state index contributed by atoms with van der Waals surface area (Å²) in [5.74, 6) is -1.08. The number of nitrogens with one attached hydrogen (secondary N) is 1. The third-order valence-corrected chi connectivity index (χ3v) is 3.64. The average Bonchev–Trinajstić information content (AvgIpc) is 2.82. The number of hydrogen-bond donors (Lipinski definition) is 1. The van der Waals surface area contributed by atoms with Crippen LogP contribution >= 0.6 is 11.6 Å². The normalized spacial score (nSPS) is 16.0. The third-order valence-electron chi connectivity index (χ3n) is 3.31. The molecule has 0 radical (unpaired) electrons. The second-order valence-electron chi connectivity index (χ2n) is 4.82. The number of aromatic amines is 1. The number of aromatic nitrogens is 4. The van der Waals surface area contributed by atoms with Gasteiger partial charge >= 0.3 is 6.18 Å². The smallest absolute Gasteiger partial charge is 0.293 e. The Morgan fingerprint density at radius 3 is 2.81 bits per heavy atom. The third kappa shape index (κ3) is 3.01. The van der Waals surface area contributed by atoms with E-state index in [1.54, 1.807) is 0 Å². The van der Waals surface area contributed by atoms with Crippen LogP contribution in [0.15, 0.2) is 12.4 Å². The average molecular weight is 318 g/mol. The van der Waals surface area contributed by atoms with E-state index in [2.05, 4.69) is 25.1 Å². The molecule has 5 nitrogen and oxygen atoms in total. The number of fused-ring (bicyclic) bond motifs is 1. The molecule has 0 unspecified atom stereocenters. The van der Waals surface area contributed by atoms with Crippen LogP contribution in [0.3, 0.4) is 0 Å². The highest BCUT2D eigenvalue weighted by molar-refractivity contribution is 6.31. The molecule has 0 fully saturated rings. The summed E-state index contributed by atoms with van der Waals surface area (Å²) in [5, 5.41) is 7.18. The molecule has 0 amide bonds. The largest absolute Gasteiger partial charge is 0.451 e. The molecule has 3 heterocycles.